The Balaban J connectivity index is 0.00000480. The quantitative estimate of drug-likeness (QED) is 0.202. The van der Waals surface area contributed by atoms with Gasteiger partial charge in [-0.15, -0.1) is 24.0 Å². The third-order valence-electron chi connectivity index (χ3n) is 5.63. The van der Waals surface area contributed by atoms with Crippen LogP contribution in [0.5, 0.6) is 5.75 Å². The summed E-state index contributed by atoms with van der Waals surface area (Å²) in [6.45, 7) is 16.8. The molecule has 1 aliphatic rings. The van der Waals surface area contributed by atoms with Crippen molar-refractivity contribution in [2.75, 3.05) is 52.9 Å². The summed E-state index contributed by atoms with van der Waals surface area (Å²) in [5.41, 5.74) is 2.34. The lowest BCUT2D eigenvalue weighted by atomic mass is 10.1. The highest BCUT2D eigenvalue weighted by molar-refractivity contribution is 14.0. The van der Waals surface area contributed by atoms with Gasteiger partial charge in [-0.25, -0.2) is 4.99 Å². The third kappa shape index (κ3) is 10.9. The lowest BCUT2D eigenvalue weighted by Gasteiger charge is -2.20. The van der Waals surface area contributed by atoms with Crippen molar-refractivity contribution in [3.63, 3.8) is 0 Å². The van der Waals surface area contributed by atoms with E-state index in [2.05, 4.69) is 73.4 Å². The number of rotatable bonds is 10. The average Bonchev–Trinajstić information content (AvgIpc) is 2.94. The summed E-state index contributed by atoms with van der Waals surface area (Å²) in [5, 5.41) is 6.87. The zero-order chi connectivity index (χ0) is 21.8. The first-order chi connectivity index (χ1) is 14.5. The van der Waals surface area contributed by atoms with Crippen LogP contribution in [0.2, 0.25) is 0 Å². The molecular weight excluding hydrogens is 501 g/mol. The van der Waals surface area contributed by atoms with Gasteiger partial charge in [0.2, 0.25) is 0 Å². The number of nitrogens with zero attached hydrogens (tertiary/aromatic N) is 3. The molecule has 1 unspecified atom stereocenters. The molecule has 1 aromatic rings. The largest absolute Gasteiger partial charge is 0.490 e. The summed E-state index contributed by atoms with van der Waals surface area (Å²) < 4.78 is 6.13. The van der Waals surface area contributed by atoms with Gasteiger partial charge in [0, 0.05) is 31.7 Å². The number of guanidine groups is 1. The van der Waals surface area contributed by atoms with Crippen molar-refractivity contribution in [3.05, 3.63) is 29.3 Å². The summed E-state index contributed by atoms with van der Waals surface area (Å²) in [4.78, 5) is 9.82. The molecule has 1 aliphatic heterocycles. The van der Waals surface area contributed by atoms with Crippen LogP contribution in [0.15, 0.2) is 23.2 Å². The van der Waals surface area contributed by atoms with Crippen LogP contribution >= 0.6 is 24.0 Å². The minimum absolute atomic E-state index is 0. The van der Waals surface area contributed by atoms with Crippen LogP contribution in [0.3, 0.4) is 0 Å². The fraction of sp³-hybridized carbons (Fsp3) is 0.708. The molecule has 0 bridgehead atoms. The van der Waals surface area contributed by atoms with Crippen LogP contribution < -0.4 is 15.4 Å². The van der Waals surface area contributed by atoms with E-state index in [1.807, 2.05) is 0 Å². The van der Waals surface area contributed by atoms with Gasteiger partial charge in [0.05, 0.1) is 12.6 Å². The highest BCUT2D eigenvalue weighted by atomic mass is 127. The molecule has 2 rings (SSSR count). The number of halogens is 1. The molecule has 0 spiro atoms. The first-order valence-electron chi connectivity index (χ1n) is 11.7. The number of aliphatic imine (C=N–C) groups is 1. The molecule has 1 aromatic carbocycles. The van der Waals surface area contributed by atoms with Gasteiger partial charge in [0.25, 0.3) is 0 Å². The standard InChI is InChI=1S/C24H43N5O.HI/c1-6-21(4)30-23-18-20(3)10-11-22(23)19-27-24(25-7-2)26-12-8-14-29-15-9-13-28(5)16-17-29;/h10-11,18,21H,6-9,12-17,19H2,1-5H3,(H2,25,26,27);1H. The van der Waals surface area contributed by atoms with Gasteiger partial charge in [-0.3, -0.25) is 0 Å². The van der Waals surface area contributed by atoms with Gasteiger partial charge in [-0.05, 0) is 78.3 Å². The fourth-order valence-corrected chi connectivity index (χ4v) is 3.54. The van der Waals surface area contributed by atoms with Crippen molar-refractivity contribution in [2.45, 2.75) is 59.6 Å². The minimum Gasteiger partial charge on any atom is -0.490 e. The molecule has 1 atom stereocenters. The Hall–Kier alpha value is -1.06. The number of ether oxygens (including phenoxy) is 1. The van der Waals surface area contributed by atoms with Gasteiger partial charge in [-0.2, -0.15) is 0 Å². The summed E-state index contributed by atoms with van der Waals surface area (Å²) in [7, 11) is 2.22. The Labute approximate surface area is 207 Å². The Bertz CT molecular complexity index is 655. The molecular formula is C24H44IN5O. The molecule has 6 nitrogen and oxygen atoms in total. The minimum atomic E-state index is 0. The number of likely N-dealkylation sites (N-methyl/N-ethyl adjacent to an activating group) is 1. The van der Waals surface area contributed by atoms with Crippen molar-refractivity contribution < 1.29 is 4.74 Å². The second-order valence-corrected chi connectivity index (χ2v) is 8.42. The summed E-state index contributed by atoms with van der Waals surface area (Å²) >= 11 is 0. The Morgan fingerprint density at radius 1 is 1.16 bits per heavy atom. The van der Waals surface area contributed by atoms with Crippen LogP contribution in [-0.2, 0) is 6.54 Å². The topological polar surface area (TPSA) is 52.1 Å². The van der Waals surface area contributed by atoms with Gasteiger partial charge >= 0.3 is 0 Å². The summed E-state index contributed by atoms with van der Waals surface area (Å²) in [6, 6.07) is 6.39. The predicted molar refractivity (Wildman–Crippen MR) is 143 cm³/mol. The van der Waals surface area contributed by atoms with Gasteiger partial charge < -0.3 is 25.2 Å². The Morgan fingerprint density at radius 2 is 1.97 bits per heavy atom. The first kappa shape index (κ1) is 28.0. The maximum Gasteiger partial charge on any atom is 0.191 e. The molecule has 0 aliphatic carbocycles. The van der Waals surface area contributed by atoms with Crippen molar-refractivity contribution in [2.24, 2.45) is 4.99 Å². The highest BCUT2D eigenvalue weighted by Gasteiger charge is 2.11. The first-order valence-corrected chi connectivity index (χ1v) is 11.7. The maximum absolute atomic E-state index is 6.13. The van der Waals surface area contributed by atoms with Gasteiger partial charge in [0.15, 0.2) is 5.96 Å². The summed E-state index contributed by atoms with van der Waals surface area (Å²) in [6.07, 6.45) is 3.60. The molecule has 7 heteroatoms. The molecule has 1 saturated heterocycles. The Morgan fingerprint density at radius 3 is 2.71 bits per heavy atom. The average molecular weight is 546 g/mol. The lowest BCUT2D eigenvalue weighted by molar-refractivity contribution is 0.215. The number of hydrogen-bond donors (Lipinski definition) is 2. The van der Waals surface area contributed by atoms with E-state index in [1.165, 1.54) is 38.2 Å². The van der Waals surface area contributed by atoms with E-state index in [1.54, 1.807) is 0 Å². The molecule has 0 amide bonds. The van der Waals surface area contributed by atoms with Crippen LogP contribution in [0.1, 0.15) is 51.2 Å². The molecule has 1 fully saturated rings. The van der Waals surface area contributed by atoms with Crippen molar-refractivity contribution >= 4 is 29.9 Å². The molecule has 0 saturated carbocycles. The van der Waals surface area contributed by atoms with Gasteiger partial charge in [0.1, 0.15) is 5.75 Å². The zero-order valence-electron chi connectivity index (χ0n) is 20.2. The lowest BCUT2D eigenvalue weighted by Crippen LogP contribution is -2.39. The molecule has 0 aromatic heterocycles. The Kier molecular flexibility index (Phi) is 14.2. The molecule has 31 heavy (non-hydrogen) atoms. The number of hydrogen-bond acceptors (Lipinski definition) is 4. The van der Waals surface area contributed by atoms with Crippen LogP contribution in [0.25, 0.3) is 0 Å². The predicted octanol–water partition coefficient (Wildman–Crippen LogP) is 3.87. The van der Waals surface area contributed by atoms with Gasteiger partial charge in [-0.1, -0.05) is 19.1 Å². The molecule has 178 valence electrons. The van der Waals surface area contributed by atoms with Crippen molar-refractivity contribution in [1.82, 2.24) is 20.4 Å². The molecule has 2 N–H and O–H groups in total. The molecule has 1 heterocycles. The van der Waals surface area contributed by atoms with Crippen LogP contribution in [0, 0.1) is 6.92 Å². The second kappa shape index (κ2) is 15.7. The third-order valence-corrected chi connectivity index (χ3v) is 5.63. The number of aryl methyl sites for hydroxylation is 1. The maximum atomic E-state index is 6.13. The zero-order valence-corrected chi connectivity index (χ0v) is 22.6. The number of nitrogens with one attached hydrogen (secondary N) is 2. The van der Waals surface area contributed by atoms with E-state index in [9.17, 15) is 0 Å². The van der Waals surface area contributed by atoms with Crippen molar-refractivity contribution in [1.29, 1.82) is 0 Å². The van der Waals surface area contributed by atoms with E-state index < -0.39 is 0 Å². The summed E-state index contributed by atoms with van der Waals surface area (Å²) in [5.74, 6) is 1.83. The van der Waals surface area contributed by atoms with E-state index in [4.69, 9.17) is 9.73 Å². The van der Waals surface area contributed by atoms with E-state index in [0.717, 1.165) is 49.7 Å². The van der Waals surface area contributed by atoms with E-state index in [-0.39, 0.29) is 30.1 Å². The number of benzene rings is 1. The van der Waals surface area contributed by atoms with Crippen LogP contribution in [-0.4, -0.2) is 74.7 Å². The SMILES string of the molecule is CCNC(=NCc1ccc(C)cc1OC(C)CC)NCCCN1CCCN(C)CC1.I. The highest BCUT2D eigenvalue weighted by Crippen LogP contribution is 2.23. The smallest absolute Gasteiger partial charge is 0.191 e. The monoisotopic (exact) mass is 545 g/mol. The normalized spacial score (nSPS) is 16.9. The second-order valence-electron chi connectivity index (χ2n) is 8.42. The van der Waals surface area contributed by atoms with Crippen molar-refractivity contribution in [3.8, 4) is 5.75 Å². The molecule has 0 radical (unpaired) electrons. The van der Waals surface area contributed by atoms with E-state index in [0.29, 0.717) is 6.54 Å². The van der Waals surface area contributed by atoms with Crippen LogP contribution in [0.4, 0.5) is 0 Å². The van der Waals surface area contributed by atoms with E-state index >= 15 is 0 Å². The fourth-order valence-electron chi connectivity index (χ4n) is 3.54.